The lowest BCUT2D eigenvalue weighted by Gasteiger charge is -2.16. The van der Waals surface area contributed by atoms with E-state index >= 15 is 0 Å². The third-order valence-electron chi connectivity index (χ3n) is 3.68. The topological polar surface area (TPSA) is 70.2 Å². The zero-order valence-electron chi connectivity index (χ0n) is 12.0. The van der Waals surface area contributed by atoms with E-state index < -0.39 is 5.69 Å². The number of hydrogen-bond donors (Lipinski definition) is 0. The average molecular weight is 313 g/mol. The summed E-state index contributed by atoms with van der Waals surface area (Å²) in [5.74, 6) is 0.733. The molecule has 0 saturated heterocycles. The van der Waals surface area contributed by atoms with Crippen molar-refractivity contribution in [2.45, 2.75) is 12.8 Å². The SMILES string of the molecule is O=c1nc2c(cn1-c1ncoc1-c1ccc(F)cc1)CCCO2. The van der Waals surface area contributed by atoms with Gasteiger partial charge in [-0.3, -0.25) is 0 Å². The van der Waals surface area contributed by atoms with Crippen LogP contribution in [0.15, 0.2) is 46.1 Å². The predicted octanol–water partition coefficient (Wildman–Crippen LogP) is 2.35. The van der Waals surface area contributed by atoms with Crippen LogP contribution in [-0.2, 0) is 6.42 Å². The van der Waals surface area contributed by atoms with Gasteiger partial charge < -0.3 is 9.15 Å². The molecule has 0 fully saturated rings. The molecule has 0 saturated carbocycles. The summed E-state index contributed by atoms with van der Waals surface area (Å²) < 4.78 is 25.2. The van der Waals surface area contributed by atoms with Crippen LogP contribution in [0.25, 0.3) is 17.1 Å². The molecule has 0 amide bonds. The fraction of sp³-hybridized carbons (Fsp3) is 0.188. The number of benzene rings is 1. The number of halogens is 1. The van der Waals surface area contributed by atoms with Crippen LogP contribution in [0.5, 0.6) is 5.88 Å². The first-order valence-electron chi connectivity index (χ1n) is 7.17. The molecule has 116 valence electrons. The van der Waals surface area contributed by atoms with E-state index in [2.05, 4.69) is 9.97 Å². The molecule has 7 heteroatoms. The number of rotatable bonds is 2. The first-order valence-corrected chi connectivity index (χ1v) is 7.17. The maximum Gasteiger partial charge on any atom is 0.356 e. The van der Waals surface area contributed by atoms with Crippen LogP contribution in [0.4, 0.5) is 4.39 Å². The highest BCUT2D eigenvalue weighted by atomic mass is 19.1. The van der Waals surface area contributed by atoms with Crippen LogP contribution < -0.4 is 10.4 Å². The van der Waals surface area contributed by atoms with Crippen LogP contribution in [-0.4, -0.2) is 21.1 Å². The van der Waals surface area contributed by atoms with Crippen LogP contribution in [0.1, 0.15) is 12.0 Å². The van der Waals surface area contributed by atoms with Gasteiger partial charge in [-0.05, 0) is 37.1 Å². The lowest BCUT2D eigenvalue weighted by Crippen LogP contribution is -2.25. The van der Waals surface area contributed by atoms with Crippen molar-refractivity contribution in [3.05, 3.63) is 58.7 Å². The normalized spacial score (nSPS) is 13.4. The molecular weight excluding hydrogens is 301 g/mol. The van der Waals surface area contributed by atoms with E-state index in [0.717, 1.165) is 18.4 Å². The standard InChI is InChI=1S/C16H12FN3O3/c17-12-5-3-10(4-6-12)13-14(18-9-23-13)20-8-11-2-1-7-22-15(11)19-16(20)21/h3-6,8-9H,1-2,7H2. The maximum atomic E-state index is 13.1. The Bertz CT molecular complexity index is 915. The van der Waals surface area contributed by atoms with Gasteiger partial charge in [0.2, 0.25) is 5.88 Å². The Morgan fingerprint density at radius 3 is 2.87 bits per heavy atom. The molecule has 3 heterocycles. The van der Waals surface area contributed by atoms with Gasteiger partial charge in [0.05, 0.1) is 6.61 Å². The average Bonchev–Trinajstić information content (AvgIpc) is 3.04. The largest absolute Gasteiger partial charge is 0.477 e. The molecule has 1 aromatic carbocycles. The molecule has 2 aromatic heterocycles. The second-order valence-electron chi connectivity index (χ2n) is 5.19. The molecule has 0 N–H and O–H groups in total. The van der Waals surface area contributed by atoms with E-state index in [4.69, 9.17) is 9.15 Å². The van der Waals surface area contributed by atoms with Gasteiger partial charge in [-0.15, -0.1) is 0 Å². The summed E-state index contributed by atoms with van der Waals surface area (Å²) in [6, 6.07) is 5.78. The molecule has 3 aromatic rings. The molecule has 0 atom stereocenters. The van der Waals surface area contributed by atoms with Crippen molar-refractivity contribution in [2.75, 3.05) is 6.61 Å². The molecule has 1 aliphatic heterocycles. The fourth-order valence-electron chi connectivity index (χ4n) is 2.57. The number of ether oxygens (including phenoxy) is 1. The van der Waals surface area contributed by atoms with Crippen LogP contribution in [0.2, 0.25) is 0 Å². The van der Waals surface area contributed by atoms with Crippen molar-refractivity contribution in [1.82, 2.24) is 14.5 Å². The Labute approximate surface area is 130 Å². The van der Waals surface area contributed by atoms with Gasteiger partial charge >= 0.3 is 5.69 Å². The van der Waals surface area contributed by atoms with Crippen molar-refractivity contribution in [2.24, 2.45) is 0 Å². The monoisotopic (exact) mass is 313 g/mol. The third-order valence-corrected chi connectivity index (χ3v) is 3.68. The minimum atomic E-state index is -0.497. The molecule has 23 heavy (non-hydrogen) atoms. The number of hydrogen-bond acceptors (Lipinski definition) is 5. The second-order valence-corrected chi connectivity index (χ2v) is 5.19. The molecule has 4 rings (SSSR count). The Kier molecular flexibility index (Phi) is 3.18. The second kappa shape index (κ2) is 5.35. The molecule has 0 spiro atoms. The van der Waals surface area contributed by atoms with Crippen molar-refractivity contribution < 1.29 is 13.5 Å². The Hall–Kier alpha value is -2.96. The first kappa shape index (κ1) is 13.7. The van der Waals surface area contributed by atoms with Crippen molar-refractivity contribution in [3.63, 3.8) is 0 Å². The van der Waals surface area contributed by atoms with Crippen LogP contribution in [0.3, 0.4) is 0 Å². The van der Waals surface area contributed by atoms with E-state index in [-0.39, 0.29) is 5.82 Å². The Morgan fingerprint density at radius 2 is 2.04 bits per heavy atom. The minimum absolute atomic E-state index is 0.322. The predicted molar refractivity (Wildman–Crippen MR) is 79.1 cm³/mol. The molecule has 0 radical (unpaired) electrons. The summed E-state index contributed by atoms with van der Waals surface area (Å²) in [5, 5.41) is 0. The highest BCUT2D eigenvalue weighted by Crippen LogP contribution is 2.27. The third kappa shape index (κ3) is 2.40. The summed E-state index contributed by atoms with van der Waals surface area (Å²) in [5.41, 5.74) is 0.978. The van der Waals surface area contributed by atoms with Crippen molar-refractivity contribution in [3.8, 4) is 23.0 Å². The first-order chi connectivity index (χ1) is 11.2. The summed E-state index contributed by atoms with van der Waals surface area (Å²) in [4.78, 5) is 20.3. The van der Waals surface area contributed by atoms with Gasteiger partial charge in [0, 0.05) is 17.3 Å². The van der Waals surface area contributed by atoms with Gasteiger partial charge in [0.15, 0.2) is 18.0 Å². The number of aromatic nitrogens is 3. The molecule has 6 nitrogen and oxygen atoms in total. The highest BCUT2D eigenvalue weighted by Gasteiger charge is 2.19. The van der Waals surface area contributed by atoms with Crippen molar-refractivity contribution >= 4 is 0 Å². The van der Waals surface area contributed by atoms with E-state index in [1.54, 1.807) is 18.3 Å². The lowest BCUT2D eigenvalue weighted by molar-refractivity contribution is 0.273. The smallest absolute Gasteiger partial charge is 0.356 e. The zero-order valence-corrected chi connectivity index (χ0v) is 12.0. The van der Waals surface area contributed by atoms with E-state index in [1.165, 1.54) is 23.1 Å². The fourth-order valence-corrected chi connectivity index (χ4v) is 2.57. The zero-order chi connectivity index (χ0) is 15.8. The molecule has 0 aliphatic carbocycles. The summed E-state index contributed by atoms with van der Waals surface area (Å²) in [6.45, 7) is 0.564. The van der Waals surface area contributed by atoms with E-state index in [9.17, 15) is 9.18 Å². The van der Waals surface area contributed by atoms with E-state index in [0.29, 0.717) is 29.6 Å². The van der Waals surface area contributed by atoms with Crippen LogP contribution in [0, 0.1) is 5.82 Å². The number of nitrogens with zero attached hydrogens (tertiary/aromatic N) is 3. The Balaban J connectivity index is 1.85. The number of fused-ring (bicyclic) bond motifs is 1. The molecule has 0 unspecified atom stereocenters. The summed E-state index contributed by atoms with van der Waals surface area (Å²) in [7, 11) is 0. The molecule has 1 aliphatic rings. The molecular formula is C16H12FN3O3. The Morgan fingerprint density at radius 1 is 1.22 bits per heavy atom. The van der Waals surface area contributed by atoms with Gasteiger partial charge in [0.25, 0.3) is 0 Å². The van der Waals surface area contributed by atoms with Gasteiger partial charge in [-0.1, -0.05) is 0 Å². The van der Waals surface area contributed by atoms with Gasteiger partial charge in [-0.2, -0.15) is 9.97 Å². The van der Waals surface area contributed by atoms with E-state index in [1.807, 2.05) is 0 Å². The van der Waals surface area contributed by atoms with Crippen molar-refractivity contribution in [1.29, 1.82) is 0 Å². The maximum absolute atomic E-state index is 13.1. The number of aryl methyl sites for hydroxylation is 1. The van der Waals surface area contributed by atoms with Crippen LogP contribution >= 0.6 is 0 Å². The summed E-state index contributed by atoms with van der Waals surface area (Å²) in [6.07, 6.45) is 4.58. The minimum Gasteiger partial charge on any atom is -0.477 e. The molecule has 0 bridgehead atoms. The number of oxazole rings is 1. The van der Waals surface area contributed by atoms with Gasteiger partial charge in [-0.25, -0.2) is 13.8 Å². The lowest BCUT2D eigenvalue weighted by atomic mass is 10.1. The van der Waals surface area contributed by atoms with Gasteiger partial charge in [0.1, 0.15) is 5.82 Å². The highest BCUT2D eigenvalue weighted by molar-refractivity contribution is 5.64. The summed E-state index contributed by atoms with van der Waals surface area (Å²) >= 11 is 0. The quantitative estimate of drug-likeness (QED) is 0.726.